The van der Waals surface area contributed by atoms with Crippen LogP contribution in [0.4, 0.5) is 0 Å². The Hall–Kier alpha value is -1.36. The number of carboxylic acids is 1. The monoisotopic (exact) mass is 255 g/mol. The highest BCUT2D eigenvalue weighted by Gasteiger charge is 2.33. The molecule has 17 heavy (non-hydrogen) atoms. The van der Waals surface area contributed by atoms with Gasteiger partial charge in [0, 0.05) is 5.38 Å². The van der Waals surface area contributed by atoms with Crippen molar-refractivity contribution in [2.75, 3.05) is 0 Å². The third kappa shape index (κ3) is 3.30. The molecule has 1 aromatic heterocycles. The second-order valence-electron chi connectivity index (χ2n) is 5.08. The summed E-state index contributed by atoms with van der Waals surface area (Å²) in [5, 5.41) is 15.3. The van der Waals surface area contributed by atoms with E-state index in [0.717, 1.165) is 5.56 Å². The number of carboxylic acid groups (broad SMARTS) is 1. The number of hydrogen-bond donors (Lipinski definition) is 2. The second kappa shape index (κ2) is 4.87. The van der Waals surface area contributed by atoms with Gasteiger partial charge in [-0.05, 0) is 23.3 Å². The van der Waals surface area contributed by atoms with Gasteiger partial charge in [0.2, 0.25) is 0 Å². The molecule has 0 aliphatic heterocycles. The summed E-state index contributed by atoms with van der Waals surface area (Å²) in [6, 6.07) is -0.894. The molecule has 1 atom stereocenters. The molecule has 0 saturated heterocycles. The summed E-state index contributed by atoms with van der Waals surface area (Å²) >= 11 is 1.43. The molecule has 0 aromatic carbocycles. The standard InChI is InChI=1S/C12H17NO3S/c1-7-5-17-6-8(7)10(14)13-9(11(15)16)12(2,3)4/h5-6,9H,1-4H3,(H,13,14)(H,15,16)/t9-/m0/s1. The molecular formula is C12H17NO3S. The lowest BCUT2D eigenvalue weighted by molar-refractivity contribution is -0.142. The number of nitrogens with one attached hydrogen (secondary N) is 1. The number of aryl methyl sites for hydroxylation is 1. The summed E-state index contributed by atoms with van der Waals surface area (Å²) in [5.41, 5.74) is 0.891. The second-order valence-corrected chi connectivity index (χ2v) is 5.82. The van der Waals surface area contributed by atoms with Gasteiger partial charge < -0.3 is 10.4 Å². The first-order valence-electron chi connectivity index (χ1n) is 5.30. The van der Waals surface area contributed by atoms with E-state index < -0.39 is 17.4 Å². The lowest BCUT2D eigenvalue weighted by atomic mass is 9.86. The molecule has 0 unspecified atom stereocenters. The molecule has 1 amide bonds. The first-order chi connectivity index (χ1) is 7.73. The number of hydrogen-bond acceptors (Lipinski definition) is 3. The van der Waals surface area contributed by atoms with Crippen LogP contribution in [0.3, 0.4) is 0 Å². The van der Waals surface area contributed by atoms with E-state index in [9.17, 15) is 9.59 Å². The normalized spacial score (nSPS) is 13.2. The van der Waals surface area contributed by atoms with E-state index in [2.05, 4.69) is 5.32 Å². The summed E-state index contributed by atoms with van der Waals surface area (Å²) < 4.78 is 0. The predicted octanol–water partition coefficient (Wildman–Crippen LogP) is 2.29. The zero-order chi connectivity index (χ0) is 13.2. The van der Waals surface area contributed by atoms with Crippen LogP contribution in [0.15, 0.2) is 10.8 Å². The molecule has 5 heteroatoms. The van der Waals surface area contributed by atoms with Gasteiger partial charge in [0.15, 0.2) is 0 Å². The number of carbonyl (C=O) groups excluding carboxylic acids is 1. The first kappa shape index (κ1) is 13.7. The molecule has 0 aliphatic rings. The van der Waals surface area contributed by atoms with Crippen molar-refractivity contribution in [3.8, 4) is 0 Å². The van der Waals surface area contributed by atoms with Crippen molar-refractivity contribution in [1.29, 1.82) is 0 Å². The van der Waals surface area contributed by atoms with Crippen molar-refractivity contribution in [2.24, 2.45) is 5.41 Å². The summed E-state index contributed by atoms with van der Waals surface area (Å²) in [6.45, 7) is 7.18. The highest BCUT2D eigenvalue weighted by Crippen LogP contribution is 2.21. The van der Waals surface area contributed by atoms with Crippen LogP contribution >= 0.6 is 11.3 Å². The fourth-order valence-corrected chi connectivity index (χ4v) is 2.28. The average molecular weight is 255 g/mol. The molecule has 94 valence electrons. The van der Waals surface area contributed by atoms with Gasteiger partial charge in [-0.25, -0.2) is 4.79 Å². The van der Waals surface area contributed by atoms with Gasteiger partial charge in [0.05, 0.1) is 5.56 Å². The number of amides is 1. The van der Waals surface area contributed by atoms with Gasteiger partial charge in [-0.1, -0.05) is 20.8 Å². The molecule has 4 nitrogen and oxygen atoms in total. The lowest BCUT2D eigenvalue weighted by Crippen LogP contribution is -2.49. The van der Waals surface area contributed by atoms with Crippen LogP contribution in [0.2, 0.25) is 0 Å². The molecule has 2 N–H and O–H groups in total. The molecule has 0 radical (unpaired) electrons. The quantitative estimate of drug-likeness (QED) is 0.870. The van der Waals surface area contributed by atoms with Gasteiger partial charge in [0.1, 0.15) is 6.04 Å². The molecule has 0 bridgehead atoms. The highest BCUT2D eigenvalue weighted by molar-refractivity contribution is 7.08. The molecule has 0 spiro atoms. The minimum Gasteiger partial charge on any atom is -0.480 e. The van der Waals surface area contributed by atoms with E-state index in [-0.39, 0.29) is 5.91 Å². The Bertz CT molecular complexity index is 431. The number of aliphatic carboxylic acids is 1. The maximum Gasteiger partial charge on any atom is 0.326 e. The first-order valence-corrected chi connectivity index (χ1v) is 6.24. The van der Waals surface area contributed by atoms with Crippen LogP contribution in [0.5, 0.6) is 0 Å². The Balaban J connectivity index is 2.86. The predicted molar refractivity (Wildman–Crippen MR) is 67.4 cm³/mol. The Kier molecular flexibility index (Phi) is 3.93. The molecular weight excluding hydrogens is 238 g/mol. The van der Waals surface area contributed by atoms with Crippen molar-refractivity contribution in [3.63, 3.8) is 0 Å². The topological polar surface area (TPSA) is 66.4 Å². The summed E-state index contributed by atoms with van der Waals surface area (Å²) in [7, 11) is 0. The van der Waals surface area contributed by atoms with Crippen LogP contribution in [-0.2, 0) is 4.79 Å². The molecule has 0 aliphatic carbocycles. The van der Waals surface area contributed by atoms with Crippen molar-refractivity contribution in [3.05, 3.63) is 21.9 Å². The van der Waals surface area contributed by atoms with Gasteiger partial charge in [-0.15, -0.1) is 0 Å². The van der Waals surface area contributed by atoms with Crippen LogP contribution in [0, 0.1) is 12.3 Å². The summed E-state index contributed by atoms with van der Waals surface area (Å²) in [4.78, 5) is 23.0. The summed E-state index contributed by atoms with van der Waals surface area (Å²) in [5.74, 6) is -1.34. The van der Waals surface area contributed by atoms with E-state index in [0.29, 0.717) is 5.56 Å². The van der Waals surface area contributed by atoms with E-state index in [4.69, 9.17) is 5.11 Å². The molecule has 1 rings (SSSR count). The Labute approximate surface area is 105 Å². The van der Waals surface area contributed by atoms with E-state index in [1.54, 1.807) is 26.2 Å². The number of rotatable bonds is 3. The fourth-order valence-electron chi connectivity index (χ4n) is 1.45. The summed E-state index contributed by atoms with van der Waals surface area (Å²) in [6.07, 6.45) is 0. The molecule has 1 aromatic rings. The SMILES string of the molecule is Cc1cscc1C(=O)N[C@@H](C(=O)O)C(C)(C)C. The van der Waals surface area contributed by atoms with Crippen molar-refractivity contribution < 1.29 is 14.7 Å². The number of thiophene rings is 1. The molecule has 0 fully saturated rings. The Morgan fingerprint density at radius 1 is 1.35 bits per heavy atom. The van der Waals surface area contributed by atoms with Gasteiger partial charge in [-0.3, -0.25) is 4.79 Å². The Morgan fingerprint density at radius 3 is 2.29 bits per heavy atom. The third-order valence-corrected chi connectivity index (χ3v) is 3.35. The van der Waals surface area contributed by atoms with Gasteiger partial charge >= 0.3 is 5.97 Å². The minimum absolute atomic E-state index is 0.328. The van der Waals surface area contributed by atoms with E-state index in [1.807, 2.05) is 12.3 Å². The maximum atomic E-state index is 11.9. The maximum absolute atomic E-state index is 11.9. The van der Waals surface area contributed by atoms with Crippen molar-refractivity contribution in [2.45, 2.75) is 33.7 Å². The van der Waals surface area contributed by atoms with Crippen molar-refractivity contribution >= 4 is 23.2 Å². The Morgan fingerprint density at radius 2 is 1.94 bits per heavy atom. The number of carbonyl (C=O) groups is 2. The molecule has 0 saturated carbocycles. The minimum atomic E-state index is -1.02. The van der Waals surface area contributed by atoms with Crippen LogP contribution in [0.25, 0.3) is 0 Å². The van der Waals surface area contributed by atoms with Gasteiger partial charge in [-0.2, -0.15) is 11.3 Å². The van der Waals surface area contributed by atoms with Crippen LogP contribution in [0.1, 0.15) is 36.7 Å². The smallest absolute Gasteiger partial charge is 0.326 e. The fraction of sp³-hybridized carbons (Fsp3) is 0.500. The van der Waals surface area contributed by atoms with Crippen molar-refractivity contribution in [1.82, 2.24) is 5.32 Å². The highest BCUT2D eigenvalue weighted by atomic mass is 32.1. The van der Waals surface area contributed by atoms with E-state index in [1.165, 1.54) is 11.3 Å². The van der Waals surface area contributed by atoms with E-state index >= 15 is 0 Å². The zero-order valence-corrected chi connectivity index (χ0v) is 11.2. The largest absolute Gasteiger partial charge is 0.480 e. The molecule has 1 heterocycles. The van der Waals surface area contributed by atoms with Crippen LogP contribution in [-0.4, -0.2) is 23.0 Å². The third-order valence-electron chi connectivity index (χ3n) is 2.49. The van der Waals surface area contributed by atoms with Gasteiger partial charge in [0.25, 0.3) is 5.91 Å². The van der Waals surface area contributed by atoms with Crippen LogP contribution < -0.4 is 5.32 Å². The average Bonchev–Trinajstić information content (AvgIpc) is 2.58. The lowest BCUT2D eigenvalue weighted by Gasteiger charge is -2.27. The zero-order valence-electron chi connectivity index (χ0n) is 10.4.